The maximum atomic E-state index is 12.6. The van der Waals surface area contributed by atoms with Crippen LogP contribution < -0.4 is 10.1 Å². The molecule has 32 heavy (non-hydrogen) atoms. The van der Waals surface area contributed by atoms with E-state index in [1.165, 1.54) is 5.56 Å². The number of carbonyl (C=O) groups excluding carboxylic acids is 1. The molecule has 0 aliphatic carbocycles. The summed E-state index contributed by atoms with van der Waals surface area (Å²) in [5.74, 6) is 3.06. The van der Waals surface area contributed by atoms with E-state index in [9.17, 15) is 4.79 Å². The van der Waals surface area contributed by atoms with Gasteiger partial charge in [-0.25, -0.2) is 4.98 Å². The number of aromatic nitrogens is 2. The van der Waals surface area contributed by atoms with E-state index in [0.717, 1.165) is 48.4 Å². The Hall–Kier alpha value is -2.82. The lowest BCUT2D eigenvalue weighted by Crippen LogP contribution is -2.25. The molecule has 5 heteroatoms. The third kappa shape index (κ3) is 6.35. The van der Waals surface area contributed by atoms with Crippen LogP contribution in [0, 0.1) is 11.8 Å². The highest BCUT2D eigenvalue weighted by atomic mass is 16.5. The quantitative estimate of drug-likeness (QED) is 0.411. The van der Waals surface area contributed by atoms with Crippen LogP contribution in [0.25, 0.3) is 11.0 Å². The van der Waals surface area contributed by atoms with E-state index < -0.39 is 0 Å². The Bertz CT molecular complexity index is 1020. The maximum Gasteiger partial charge on any atom is 0.251 e. The van der Waals surface area contributed by atoms with E-state index in [0.29, 0.717) is 30.6 Å². The average Bonchev–Trinajstić information content (AvgIpc) is 3.09. The highest BCUT2D eigenvalue weighted by molar-refractivity contribution is 5.97. The van der Waals surface area contributed by atoms with E-state index in [-0.39, 0.29) is 5.91 Å². The molecule has 0 unspecified atom stereocenters. The number of carbonyl (C=O) groups is 1. The van der Waals surface area contributed by atoms with E-state index in [2.05, 4.69) is 49.7 Å². The molecule has 0 spiro atoms. The summed E-state index contributed by atoms with van der Waals surface area (Å²) in [6.07, 6.45) is 2.80. The van der Waals surface area contributed by atoms with Crippen molar-refractivity contribution >= 4 is 16.9 Å². The summed E-state index contributed by atoms with van der Waals surface area (Å²) in [6.45, 7) is 13.1. The van der Waals surface area contributed by atoms with E-state index >= 15 is 0 Å². The highest BCUT2D eigenvalue weighted by Crippen LogP contribution is 2.23. The smallest absolute Gasteiger partial charge is 0.251 e. The summed E-state index contributed by atoms with van der Waals surface area (Å²) >= 11 is 0. The average molecular weight is 436 g/mol. The Morgan fingerprint density at radius 3 is 2.41 bits per heavy atom. The first-order chi connectivity index (χ1) is 15.4. The molecule has 0 atom stereocenters. The Balaban J connectivity index is 1.86. The molecule has 1 aromatic heterocycles. The Labute approximate surface area is 192 Å². The van der Waals surface area contributed by atoms with Crippen molar-refractivity contribution in [2.75, 3.05) is 13.2 Å². The van der Waals surface area contributed by atoms with E-state index in [1.807, 2.05) is 37.3 Å². The molecule has 1 N–H and O–H groups in total. The number of nitrogens with zero attached hydrogens (tertiary/aromatic N) is 2. The molecule has 0 saturated heterocycles. The first kappa shape index (κ1) is 23.8. The fraction of sp³-hybridized carbons (Fsp3) is 0.481. The van der Waals surface area contributed by atoms with Crippen molar-refractivity contribution < 1.29 is 9.53 Å². The standard InChI is InChI=1S/C27H37N3O2/c1-6-32-23-10-7-21(8-11-23)17-26-29-24-18-22(27(31)28-15-13-19(2)3)9-12-25(24)30(26)16-14-20(4)5/h7-12,18-20H,6,13-17H2,1-5H3,(H,28,31). The van der Waals surface area contributed by atoms with Gasteiger partial charge in [-0.15, -0.1) is 0 Å². The summed E-state index contributed by atoms with van der Waals surface area (Å²) in [5.41, 5.74) is 3.83. The first-order valence-corrected chi connectivity index (χ1v) is 11.9. The number of nitrogens with one attached hydrogen (secondary N) is 1. The topological polar surface area (TPSA) is 56.1 Å². The fourth-order valence-electron chi connectivity index (χ4n) is 3.72. The number of fused-ring (bicyclic) bond motifs is 1. The van der Waals surface area contributed by atoms with Gasteiger partial charge in [0, 0.05) is 25.1 Å². The van der Waals surface area contributed by atoms with Gasteiger partial charge in [0.15, 0.2) is 0 Å². The van der Waals surface area contributed by atoms with Gasteiger partial charge in [0.25, 0.3) is 5.91 Å². The van der Waals surface area contributed by atoms with Crippen LogP contribution in [0.1, 0.15) is 69.2 Å². The molecule has 172 valence electrons. The van der Waals surface area contributed by atoms with E-state index in [4.69, 9.17) is 9.72 Å². The van der Waals surface area contributed by atoms with Crippen LogP contribution in [0.4, 0.5) is 0 Å². The summed E-state index contributed by atoms with van der Waals surface area (Å²) < 4.78 is 7.88. The predicted molar refractivity (Wildman–Crippen MR) is 131 cm³/mol. The zero-order chi connectivity index (χ0) is 23.1. The van der Waals surface area contributed by atoms with Crippen LogP contribution in [0.5, 0.6) is 5.75 Å². The second-order valence-corrected chi connectivity index (χ2v) is 9.26. The molecule has 1 heterocycles. The largest absolute Gasteiger partial charge is 0.494 e. The zero-order valence-corrected chi connectivity index (χ0v) is 20.1. The number of hydrogen-bond donors (Lipinski definition) is 1. The number of hydrogen-bond acceptors (Lipinski definition) is 3. The fourth-order valence-corrected chi connectivity index (χ4v) is 3.72. The zero-order valence-electron chi connectivity index (χ0n) is 20.1. The second kappa shape index (κ2) is 11.2. The van der Waals surface area contributed by atoms with Crippen molar-refractivity contribution in [2.24, 2.45) is 11.8 Å². The predicted octanol–water partition coefficient (Wildman–Crippen LogP) is 5.85. The molecule has 0 bridgehead atoms. The molecule has 0 radical (unpaired) electrons. The Morgan fingerprint density at radius 2 is 1.75 bits per heavy atom. The van der Waals surface area contributed by atoms with Gasteiger partial charge < -0.3 is 14.6 Å². The first-order valence-electron chi connectivity index (χ1n) is 11.9. The molecule has 3 rings (SSSR count). The summed E-state index contributed by atoms with van der Waals surface area (Å²) in [7, 11) is 0. The Kier molecular flexibility index (Phi) is 8.32. The summed E-state index contributed by atoms with van der Waals surface area (Å²) in [4.78, 5) is 17.5. The lowest BCUT2D eigenvalue weighted by Gasteiger charge is -2.12. The van der Waals surface area contributed by atoms with Crippen molar-refractivity contribution in [1.29, 1.82) is 0 Å². The van der Waals surface area contributed by atoms with Gasteiger partial charge in [-0.05, 0) is 67.5 Å². The molecular formula is C27H37N3O2. The monoisotopic (exact) mass is 435 g/mol. The third-order valence-corrected chi connectivity index (χ3v) is 5.62. The summed E-state index contributed by atoms with van der Waals surface area (Å²) in [6, 6.07) is 14.1. The highest BCUT2D eigenvalue weighted by Gasteiger charge is 2.15. The normalized spacial score (nSPS) is 11.5. The van der Waals surface area contributed by atoms with Gasteiger partial charge in [-0.1, -0.05) is 39.8 Å². The lowest BCUT2D eigenvalue weighted by atomic mass is 10.1. The van der Waals surface area contributed by atoms with Crippen molar-refractivity contribution in [2.45, 2.75) is 60.4 Å². The minimum absolute atomic E-state index is 0.0302. The number of imidazole rings is 1. The van der Waals surface area contributed by atoms with Crippen LogP contribution in [-0.2, 0) is 13.0 Å². The van der Waals surface area contributed by atoms with Crippen LogP contribution >= 0.6 is 0 Å². The molecule has 3 aromatic rings. The van der Waals surface area contributed by atoms with Crippen LogP contribution in [0.2, 0.25) is 0 Å². The molecule has 0 saturated carbocycles. The molecular weight excluding hydrogens is 398 g/mol. The van der Waals surface area contributed by atoms with Crippen molar-refractivity contribution in [3.63, 3.8) is 0 Å². The van der Waals surface area contributed by atoms with Gasteiger partial charge in [-0.2, -0.15) is 0 Å². The molecule has 5 nitrogen and oxygen atoms in total. The van der Waals surface area contributed by atoms with Crippen LogP contribution in [0.15, 0.2) is 42.5 Å². The SMILES string of the molecule is CCOc1ccc(Cc2nc3cc(C(=O)NCCC(C)C)ccc3n2CCC(C)C)cc1. The molecule has 2 aromatic carbocycles. The molecule has 1 amide bonds. The number of ether oxygens (including phenoxy) is 1. The van der Waals surface area contributed by atoms with Gasteiger partial charge >= 0.3 is 0 Å². The van der Waals surface area contributed by atoms with Gasteiger partial charge in [0.1, 0.15) is 11.6 Å². The number of aryl methyl sites for hydroxylation is 1. The van der Waals surface area contributed by atoms with Crippen molar-refractivity contribution in [1.82, 2.24) is 14.9 Å². The minimum Gasteiger partial charge on any atom is -0.494 e. The second-order valence-electron chi connectivity index (χ2n) is 9.26. The Morgan fingerprint density at radius 1 is 1.03 bits per heavy atom. The van der Waals surface area contributed by atoms with Crippen molar-refractivity contribution in [3.05, 3.63) is 59.4 Å². The van der Waals surface area contributed by atoms with Gasteiger partial charge in [0.05, 0.1) is 17.6 Å². The molecule has 0 aliphatic heterocycles. The van der Waals surface area contributed by atoms with Gasteiger partial charge in [-0.3, -0.25) is 4.79 Å². The van der Waals surface area contributed by atoms with E-state index in [1.54, 1.807) is 0 Å². The number of benzene rings is 2. The molecule has 0 fully saturated rings. The van der Waals surface area contributed by atoms with Crippen LogP contribution in [-0.4, -0.2) is 28.6 Å². The van der Waals surface area contributed by atoms with Gasteiger partial charge in [0.2, 0.25) is 0 Å². The van der Waals surface area contributed by atoms with Crippen LogP contribution in [0.3, 0.4) is 0 Å². The summed E-state index contributed by atoms with van der Waals surface area (Å²) in [5, 5.41) is 3.03. The number of rotatable bonds is 11. The third-order valence-electron chi connectivity index (χ3n) is 5.62. The number of amides is 1. The van der Waals surface area contributed by atoms with Crippen molar-refractivity contribution in [3.8, 4) is 5.75 Å². The maximum absolute atomic E-state index is 12.6. The minimum atomic E-state index is -0.0302. The lowest BCUT2D eigenvalue weighted by molar-refractivity contribution is 0.0952. The molecule has 0 aliphatic rings.